The average molecular weight is 292 g/mol. The highest BCUT2D eigenvalue weighted by Crippen LogP contribution is 2.20. The first-order valence-electron chi connectivity index (χ1n) is 6.51. The number of nitrogens with zero attached hydrogens (tertiary/aromatic N) is 1. The van der Waals surface area contributed by atoms with Crippen molar-refractivity contribution in [2.75, 3.05) is 13.1 Å². The molecule has 1 aromatic carbocycles. The van der Waals surface area contributed by atoms with Crippen LogP contribution >= 0.6 is 0 Å². The maximum Gasteiger partial charge on any atom is 0.401 e. The maximum atomic E-state index is 13.1. The molecule has 0 radical (unpaired) electrons. The van der Waals surface area contributed by atoms with Gasteiger partial charge in [0, 0.05) is 18.6 Å². The first kappa shape index (κ1) is 16.9. The Balaban J connectivity index is 2.59. The standard InChI is InChI=1S/C14H20F4N2/c1-10(2)20(9-14(16,17)18)7-6-13(19)11-4-3-5-12(15)8-11/h3-5,8,10,13H,6-7,9,19H2,1-2H3. The number of halogens is 4. The third-order valence-corrected chi connectivity index (χ3v) is 3.12. The maximum absolute atomic E-state index is 13.1. The van der Waals surface area contributed by atoms with Crippen molar-refractivity contribution in [1.29, 1.82) is 0 Å². The van der Waals surface area contributed by atoms with Crippen molar-refractivity contribution in [3.05, 3.63) is 35.6 Å². The zero-order chi connectivity index (χ0) is 15.3. The van der Waals surface area contributed by atoms with E-state index in [0.29, 0.717) is 12.0 Å². The van der Waals surface area contributed by atoms with Gasteiger partial charge >= 0.3 is 6.18 Å². The highest BCUT2D eigenvalue weighted by atomic mass is 19.4. The van der Waals surface area contributed by atoms with E-state index in [-0.39, 0.29) is 12.6 Å². The molecule has 114 valence electrons. The van der Waals surface area contributed by atoms with E-state index in [1.807, 2.05) is 0 Å². The fourth-order valence-electron chi connectivity index (χ4n) is 1.96. The molecule has 0 amide bonds. The molecule has 0 heterocycles. The normalized spacial score (nSPS) is 14.1. The van der Waals surface area contributed by atoms with E-state index in [9.17, 15) is 17.6 Å². The second kappa shape index (κ2) is 7.04. The summed E-state index contributed by atoms with van der Waals surface area (Å²) in [5, 5.41) is 0. The van der Waals surface area contributed by atoms with Gasteiger partial charge in [0.2, 0.25) is 0 Å². The largest absolute Gasteiger partial charge is 0.401 e. The van der Waals surface area contributed by atoms with Crippen molar-refractivity contribution in [1.82, 2.24) is 4.90 Å². The van der Waals surface area contributed by atoms with Crippen molar-refractivity contribution in [3.63, 3.8) is 0 Å². The van der Waals surface area contributed by atoms with Gasteiger partial charge in [-0.05, 0) is 38.0 Å². The summed E-state index contributed by atoms with van der Waals surface area (Å²) in [6.07, 6.45) is -3.88. The van der Waals surface area contributed by atoms with Crippen LogP contribution in [-0.2, 0) is 0 Å². The summed E-state index contributed by atoms with van der Waals surface area (Å²) in [7, 11) is 0. The lowest BCUT2D eigenvalue weighted by molar-refractivity contribution is -0.149. The fraction of sp³-hybridized carbons (Fsp3) is 0.571. The number of rotatable bonds is 6. The van der Waals surface area contributed by atoms with Gasteiger partial charge in [-0.1, -0.05) is 12.1 Å². The number of hydrogen-bond donors (Lipinski definition) is 1. The summed E-state index contributed by atoms with van der Waals surface area (Å²) < 4.78 is 50.4. The van der Waals surface area contributed by atoms with E-state index in [1.54, 1.807) is 26.0 Å². The Labute approximate surface area is 116 Å². The van der Waals surface area contributed by atoms with Crippen molar-refractivity contribution >= 4 is 0 Å². The lowest BCUT2D eigenvalue weighted by Crippen LogP contribution is -2.40. The Kier molecular flexibility index (Phi) is 5.95. The molecule has 1 rings (SSSR count). The molecule has 1 atom stereocenters. The van der Waals surface area contributed by atoms with Crippen LogP contribution in [0.2, 0.25) is 0 Å². The van der Waals surface area contributed by atoms with Crippen LogP contribution in [0.25, 0.3) is 0 Å². The highest BCUT2D eigenvalue weighted by molar-refractivity contribution is 5.19. The van der Waals surface area contributed by atoms with Gasteiger partial charge in [0.25, 0.3) is 0 Å². The lowest BCUT2D eigenvalue weighted by Gasteiger charge is -2.28. The van der Waals surface area contributed by atoms with Crippen molar-refractivity contribution in [2.24, 2.45) is 5.73 Å². The predicted octanol–water partition coefficient (Wildman–Crippen LogP) is 3.49. The molecule has 0 aliphatic heterocycles. The molecule has 0 fully saturated rings. The predicted molar refractivity (Wildman–Crippen MR) is 70.7 cm³/mol. The first-order valence-corrected chi connectivity index (χ1v) is 6.51. The number of alkyl halides is 3. The summed E-state index contributed by atoms with van der Waals surface area (Å²) in [5.41, 5.74) is 6.50. The fourth-order valence-corrected chi connectivity index (χ4v) is 1.96. The molecule has 6 heteroatoms. The van der Waals surface area contributed by atoms with Crippen LogP contribution in [0.15, 0.2) is 24.3 Å². The number of benzene rings is 1. The van der Waals surface area contributed by atoms with Crippen LogP contribution in [0.4, 0.5) is 17.6 Å². The van der Waals surface area contributed by atoms with Gasteiger partial charge in [-0.25, -0.2) is 4.39 Å². The molecule has 0 saturated heterocycles. The molecule has 20 heavy (non-hydrogen) atoms. The van der Waals surface area contributed by atoms with E-state index in [0.717, 1.165) is 0 Å². The van der Waals surface area contributed by atoms with Gasteiger partial charge in [-0.3, -0.25) is 4.90 Å². The van der Waals surface area contributed by atoms with E-state index < -0.39 is 24.6 Å². The van der Waals surface area contributed by atoms with E-state index in [4.69, 9.17) is 5.73 Å². The molecule has 2 N–H and O–H groups in total. The average Bonchev–Trinajstić information content (AvgIpc) is 2.32. The summed E-state index contributed by atoms with van der Waals surface area (Å²) >= 11 is 0. The van der Waals surface area contributed by atoms with Gasteiger partial charge in [0.05, 0.1) is 6.54 Å². The zero-order valence-corrected chi connectivity index (χ0v) is 11.6. The van der Waals surface area contributed by atoms with Crippen molar-refractivity contribution < 1.29 is 17.6 Å². The second-order valence-corrected chi connectivity index (χ2v) is 5.13. The van der Waals surface area contributed by atoms with Crippen LogP contribution in [-0.4, -0.2) is 30.2 Å². The van der Waals surface area contributed by atoms with E-state index >= 15 is 0 Å². The molecular formula is C14H20F4N2. The minimum absolute atomic E-state index is 0.217. The molecule has 0 aromatic heterocycles. The third-order valence-electron chi connectivity index (χ3n) is 3.12. The van der Waals surface area contributed by atoms with Crippen molar-refractivity contribution in [3.8, 4) is 0 Å². The van der Waals surface area contributed by atoms with Crippen molar-refractivity contribution in [2.45, 2.75) is 38.5 Å². The second-order valence-electron chi connectivity index (χ2n) is 5.13. The quantitative estimate of drug-likeness (QED) is 0.813. The minimum Gasteiger partial charge on any atom is -0.324 e. The van der Waals surface area contributed by atoms with E-state index in [1.165, 1.54) is 17.0 Å². The Morgan fingerprint density at radius 2 is 1.90 bits per heavy atom. The Morgan fingerprint density at radius 1 is 1.25 bits per heavy atom. The molecule has 0 saturated carbocycles. The highest BCUT2D eigenvalue weighted by Gasteiger charge is 2.31. The van der Waals surface area contributed by atoms with Gasteiger partial charge < -0.3 is 5.73 Å². The third kappa shape index (κ3) is 5.88. The zero-order valence-electron chi connectivity index (χ0n) is 11.6. The molecule has 1 unspecified atom stereocenters. The summed E-state index contributed by atoms with van der Waals surface area (Å²) in [6.45, 7) is 2.67. The summed E-state index contributed by atoms with van der Waals surface area (Å²) in [5.74, 6) is -0.394. The van der Waals surface area contributed by atoms with Gasteiger partial charge in [-0.15, -0.1) is 0 Å². The molecule has 0 bridgehead atoms. The molecule has 0 aliphatic rings. The molecule has 2 nitrogen and oxygen atoms in total. The first-order chi connectivity index (χ1) is 9.19. The van der Waals surface area contributed by atoms with E-state index in [2.05, 4.69) is 0 Å². The topological polar surface area (TPSA) is 29.3 Å². The van der Waals surface area contributed by atoms with Crippen LogP contribution in [0.3, 0.4) is 0 Å². The van der Waals surface area contributed by atoms with Crippen LogP contribution in [0, 0.1) is 5.82 Å². The monoisotopic (exact) mass is 292 g/mol. The smallest absolute Gasteiger partial charge is 0.324 e. The Morgan fingerprint density at radius 3 is 2.40 bits per heavy atom. The molecular weight excluding hydrogens is 272 g/mol. The SMILES string of the molecule is CC(C)N(CCC(N)c1cccc(F)c1)CC(F)(F)F. The number of nitrogens with two attached hydrogens (primary N) is 1. The molecule has 1 aromatic rings. The van der Waals surface area contributed by atoms with Crippen LogP contribution < -0.4 is 5.73 Å². The van der Waals surface area contributed by atoms with Crippen LogP contribution in [0.5, 0.6) is 0 Å². The Bertz CT molecular complexity index is 418. The molecule has 0 aliphatic carbocycles. The van der Waals surface area contributed by atoms with Gasteiger partial charge in [0.1, 0.15) is 5.82 Å². The summed E-state index contributed by atoms with van der Waals surface area (Å²) in [6, 6.07) is 5.14. The van der Waals surface area contributed by atoms with Gasteiger partial charge in [-0.2, -0.15) is 13.2 Å². The Hall–Kier alpha value is -1.14. The number of hydrogen-bond acceptors (Lipinski definition) is 2. The van der Waals surface area contributed by atoms with Crippen LogP contribution in [0.1, 0.15) is 31.9 Å². The summed E-state index contributed by atoms with van der Waals surface area (Å²) in [4.78, 5) is 1.32. The van der Waals surface area contributed by atoms with Gasteiger partial charge in [0.15, 0.2) is 0 Å². The molecule has 0 spiro atoms. The minimum atomic E-state index is -4.23. The lowest BCUT2D eigenvalue weighted by atomic mass is 10.0.